The fourth-order valence-electron chi connectivity index (χ4n) is 3.59. The van der Waals surface area contributed by atoms with Gasteiger partial charge in [0, 0.05) is 46.3 Å². The number of hydrogen-bond acceptors (Lipinski definition) is 7. The summed E-state index contributed by atoms with van der Waals surface area (Å²) < 4.78 is 7.20. The van der Waals surface area contributed by atoms with Gasteiger partial charge in [-0.25, -0.2) is 4.79 Å². The summed E-state index contributed by atoms with van der Waals surface area (Å²) >= 11 is 7.85. The number of hydrogen-bond donors (Lipinski definition) is 1. The SMILES string of the molecule is Cc1c(Cl)cccc1-n1c(SCc2cc(=O)oc3cc(O)ccc23)nnc1-c1ccncc1. The largest absolute Gasteiger partial charge is 0.508 e. The first-order valence-corrected chi connectivity index (χ1v) is 11.4. The fraction of sp³-hybridized carbons (Fsp3) is 0.0833. The molecule has 3 heterocycles. The van der Waals surface area contributed by atoms with Crippen LogP contribution in [0.5, 0.6) is 5.75 Å². The second kappa shape index (κ2) is 8.73. The third-order valence-corrected chi connectivity index (χ3v) is 6.61. The highest BCUT2D eigenvalue weighted by atomic mass is 35.5. The van der Waals surface area contributed by atoms with Crippen LogP contribution in [0.25, 0.3) is 28.0 Å². The van der Waals surface area contributed by atoms with E-state index < -0.39 is 5.63 Å². The Morgan fingerprint density at radius 3 is 2.73 bits per heavy atom. The molecule has 33 heavy (non-hydrogen) atoms. The van der Waals surface area contributed by atoms with Gasteiger partial charge in [-0.05, 0) is 54.4 Å². The van der Waals surface area contributed by atoms with Gasteiger partial charge in [0.1, 0.15) is 11.3 Å². The van der Waals surface area contributed by atoms with E-state index in [-0.39, 0.29) is 5.75 Å². The highest BCUT2D eigenvalue weighted by molar-refractivity contribution is 7.98. The van der Waals surface area contributed by atoms with Crippen molar-refractivity contribution in [1.82, 2.24) is 19.7 Å². The van der Waals surface area contributed by atoms with Crippen LogP contribution in [0.3, 0.4) is 0 Å². The molecular weight excluding hydrogens is 460 g/mol. The number of phenolic OH excluding ortho intramolecular Hbond substituents is 1. The standard InChI is InChI=1S/C24H17ClN4O3S/c1-14-19(25)3-2-4-20(14)29-23(15-7-9-26-10-8-15)27-28-24(29)33-13-16-11-22(31)32-21-12-17(30)5-6-18(16)21/h2-12,30H,13H2,1H3. The summed E-state index contributed by atoms with van der Waals surface area (Å²) in [7, 11) is 0. The number of thioether (sulfide) groups is 1. The van der Waals surface area contributed by atoms with Crippen LogP contribution in [0.2, 0.25) is 5.02 Å². The van der Waals surface area contributed by atoms with Crippen molar-refractivity contribution in [2.75, 3.05) is 0 Å². The van der Waals surface area contributed by atoms with E-state index in [1.54, 1.807) is 24.5 Å². The number of fused-ring (bicyclic) bond motifs is 1. The molecule has 0 aliphatic heterocycles. The normalized spacial score (nSPS) is 11.2. The van der Waals surface area contributed by atoms with Crippen molar-refractivity contribution in [3.8, 4) is 22.8 Å². The van der Waals surface area contributed by atoms with E-state index >= 15 is 0 Å². The zero-order valence-electron chi connectivity index (χ0n) is 17.4. The van der Waals surface area contributed by atoms with E-state index in [0.29, 0.717) is 27.3 Å². The minimum atomic E-state index is -0.478. The van der Waals surface area contributed by atoms with E-state index in [0.717, 1.165) is 27.8 Å². The Labute approximate surface area is 197 Å². The van der Waals surface area contributed by atoms with Crippen LogP contribution in [0.15, 0.2) is 81.4 Å². The minimum absolute atomic E-state index is 0.0358. The Bertz CT molecular complexity index is 1530. The maximum absolute atomic E-state index is 12.1. The van der Waals surface area contributed by atoms with E-state index in [1.807, 2.05) is 41.8 Å². The maximum Gasteiger partial charge on any atom is 0.336 e. The van der Waals surface area contributed by atoms with Crippen LogP contribution in [-0.4, -0.2) is 24.9 Å². The van der Waals surface area contributed by atoms with E-state index in [4.69, 9.17) is 16.0 Å². The lowest BCUT2D eigenvalue weighted by Gasteiger charge is -2.14. The maximum atomic E-state index is 12.1. The number of pyridine rings is 1. The molecule has 164 valence electrons. The zero-order valence-corrected chi connectivity index (χ0v) is 19.0. The van der Waals surface area contributed by atoms with Gasteiger partial charge in [-0.1, -0.05) is 29.4 Å². The molecule has 0 unspecified atom stereocenters. The van der Waals surface area contributed by atoms with Crippen molar-refractivity contribution in [3.63, 3.8) is 0 Å². The summed E-state index contributed by atoms with van der Waals surface area (Å²) in [5.41, 5.74) is 3.26. The van der Waals surface area contributed by atoms with E-state index in [2.05, 4.69) is 15.2 Å². The molecule has 5 rings (SSSR count). The van der Waals surface area contributed by atoms with Gasteiger partial charge in [-0.15, -0.1) is 10.2 Å². The van der Waals surface area contributed by atoms with Gasteiger partial charge >= 0.3 is 5.63 Å². The Morgan fingerprint density at radius 1 is 1.09 bits per heavy atom. The summed E-state index contributed by atoms with van der Waals surface area (Å²) in [4.78, 5) is 16.2. The lowest BCUT2D eigenvalue weighted by atomic mass is 10.1. The number of aromatic hydroxyl groups is 1. The molecule has 0 aliphatic rings. The number of nitrogens with zero attached hydrogens (tertiary/aromatic N) is 4. The van der Waals surface area contributed by atoms with Crippen molar-refractivity contribution >= 4 is 34.3 Å². The number of rotatable bonds is 5. The van der Waals surface area contributed by atoms with Crippen LogP contribution in [0.1, 0.15) is 11.1 Å². The molecule has 0 radical (unpaired) electrons. The van der Waals surface area contributed by atoms with Crippen LogP contribution >= 0.6 is 23.4 Å². The smallest absolute Gasteiger partial charge is 0.336 e. The van der Waals surface area contributed by atoms with Crippen molar-refractivity contribution in [2.24, 2.45) is 0 Å². The van der Waals surface area contributed by atoms with Crippen molar-refractivity contribution in [2.45, 2.75) is 17.8 Å². The van der Waals surface area contributed by atoms with Crippen molar-refractivity contribution < 1.29 is 9.52 Å². The molecule has 7 nitrogen and oxygen atoms in total. The first-order chi connectivity index (χ1) is 16.0. The van der Waals surface area contributed by atoms with Gasteiger partial charge in [0.05, 0.1) is 5.69 Å². The van der Waals surface area contributed by atoms with Crippen LogP contribution < -0.4 is 5.63 Å². The topological polar surface area (TPSA) is 94.0 Å². The van der Waals surface area contributed by atoms with Gasteiger partial charge in [-0.2, -0.15) is 0 Å². The van der Waals surface area contributed by atoms with Gasteiger partial charge in [0.25, 0.3) is 0 Å². The quantitative estimate of drug-likeness (QED) is 0.268. The molecular formula is C24H17ClN4O3S. The summed E-state index contributed by atoms with van der Waals surface area (Å²) in [5, 5.41) is 20.7. The Balaban J connectivity index is 1.60. The van der Waals surface area contributed by atoms with E-state index in [1.165, 1.54) is 23.9 Å². The van der Waals surface area contributed by atoms with Gasteiger partial charge in [0.15, 0.2) is 11.0 Å². The Hall–Kier alpha value is -3.62. The average molecular weight is 477 g/mol. The Morgan fingerprint density at radius 2 is 1.91 bits per heavy atom. The lowest BCUT2D eigenvalue weighted by molar-refractivity contribution is 0.473. The van der Waals surface area contributed by atoms with Crippen LogP contribution in [0.4, 0.5) is 0 Å². The molecule has 5 aromatic rings. The minimum Gasteiger partial charge on any atom is -0.508 e. The number of benzene rings is 2. The average Bonchev–Trinajstić information content (AvgIpc) is 3.23. The predicted molar refractivity (Wildman–Crippen MR) is 128 cm³/mol. The summed E-state index contributed by atoms with van der Waals surface area (Å²) in [6.45, 7) is 1.95. The van der Waals surface area contributed by atoms with Gasteiger partial charge in [0.2, 0.25) is 0 Å². The summed E-state index contributed by atoms with van der Waals surface area (Å²) in [6, 6.07) is 15.6. The number of phenols is 1. The molecule has 0 fully saturated rings. The molecule has 0 saturated heterocycles. The molecule has 2 aromatic carbocycles. The Kier molecular flexibility index (Phi) is 5.62. The van der Waals surface area contributed by atoms with Gasteiger partial charge in [-0.3, -0.25) is 9.55 Å². The molecule has 3 aromatic heterocycles. The van der Waals surface area contributed by atoms with E-state index in [9.17, 15) is 9.90 Å². The molecule has 0 bridgehead atoms. The van der Waals surface area contributed by atoms with Crippen molar-refractivity contribution in [3.05, 3.63) is 93.6 Å². The van der Waals surface area contributed by atoms with Crippen LogP contribution in [0, 0.1) is 6.92 Å². The zero-order chi connectivity index (χ0) is 22.9. The highest BCUT2D eigenvalue weighted by Gasteiger charge is 2.19. The molecule has 0 spiro atoms. The fourth-order valence-corrected chi connectivity index (χ4v) is 4.69. The third kappa shape index (κ3) is 4.10. The molecule has 0 aliphatic carbocycles. The van der Waals surface area contributed by atoms with Crippen LogP contribution in [-0.2, 0) is 5.75 Å². The monoisotopic (exact) mass is 476 g/mol. The predicted octanol–water partition coefficient (Wildman–Crippen LogP) is 5.40. The lowest BCUT2D eigenvalue weighted by Crippen LogP contribution is -2.03. The second-order valence-corrected chi connectivity index (χ2v) is 8.67. The first-order valence-electron chi connectivity index (χ1n) is 10.0. The summed E-state index contributed by atoms with van der Waals surface area (Å²) in [5.74, 6) is 1.14. The third-order valence-electron chi connectivity index (χ3n) is 5.22. The molecule has 1 N–H and O–H groups in total. The summed E-state index contributed by atoms with van der Waals surface area (Å²) in [6.07, 6.45) is 3.41. The number of aromatic nitrogens is 4. The number of halogens is 1. The van der Waals surface area contributed by atoms with Gasteiger partial charge < -0.3 is 9.52 Å². The molecule has 0 amide bonds. The molecule has 0 saturated carbocycles. The first kappa shape index (κ1) is 21.2. The van der Waals surface area contributed by atoms with Crippen molar-refractivity contribution in [1.29, 1.82) is 0 Å². The molecule has 0 atom stereocenters. The highest BCUT2D eigenvalue weighted by Crippen LogP contribution is 2.33. The molecule has 9 heteroatoms. The second-order valence-electron chi connectivity index (χ2n) is 7.32.